The Morgan fingerprint density at radius 3 is 1.07 bits per heavy atom. The van der Waals surface area contributed by atoms with Crippen LogP contribution in [0, 0.1) is 47.3 Å². The van der Waals surface area contributed by atoms with Crippen LogP contribution in [0.1, 0.15) is 223 Å². The van der Waals surface area contributed by atoms with Gasteiger partial charge in [0.25, 0.3) is 0 Å². The SMILES string of the molecule is C/C=C(\C)[C@@H](O)[C@@H](C)[C@@H](C)C/C=C(\C)C(=O)N(C)[C@H](CC(C)C)C(=O)N[C@@H](C)C(=O)N(C)[C@H](Cc1ccc(Cl)cc1)C(=O)N(C)CC(=O)NC(C(C)=O)[C@@H](C)CC.C/C=C(\C)[C@@H](O[Si](C)(C)C(C)(C)C)[C@@H](C)[C@@H](C)C/C=C(\C)C(=O)N(C)[C@H](CC(C)C)C(=O)N[C@@H](C)C(=O)N(C)[C@H](Cc1ccc(Cl)cc1)C(=O)N(C)CC(=O)NC(C(C)=O)[C@@H](C)CC. The Hall–Kier alpha value is -7.84. The van der Waals surface area contributed by atoms with Crippen molar-refractivity contribution >= 4 is 102 Å². The monoisotopic (exact) mass is 1750 g/mol. The van der Waals surface area contributed by atoms with Crippen LogP contribution in [0.3, 0.4) is 0 Å². The fourth-order valence-corrected chi connectivity index (χ4v) is 15.5. The minimum atomic E-state index is -2.07. The highest BCUT2D eigenvalue weighted by Gasteiger charge is 2.43. The summed E-state index contributed by atoms with van der Waals surface area (Å²) in [6.07, 6.45) is 10.6. The molecule has 682 valence electrons. The van der Waals surface area contributed by atoms with Crippen LogP contribution in [-0.2, 0) is 74.8 Å². The second kappa shape index (κ2) is 52.1. The molecule has 0 bridgehead atoms. The summed E-state index contributed by atoms with van der Waals surface area (Å²) in [6.45, 7) is 51.7. The average Bonchev–Trinajstić information content (AvgIpc) is 0.850. The summed E-state index contributed by atoms with van der Waals surface area (Å²) < 4.78 is 6.95. The van der Waals surface area contributed by atoms with Gasteiger partial charge >= 0.3 is 0 Å². The molecule has 5 N–H and O–H groups in total. The van der Waals surface area contributed by atoms with Crippen LogP contribution < -0.4 is 21.3 Å². The van der Waals surface area contributed by atoms with E-state index in [1.165, 1.54) is 83.9 Å². The Morgan fingerprint density at radius 2 is 0.785 bits per heavy atom. The number of amides is 10. The zero-order chi connectivity index (χ0) is 93.5. The Balaban J connectivity index is 0.00000122. The van der Waals surface area contributed by atoms with Crippen LogP contribution in [0.2, 0.25) is 28.2 Å². The average molecular weight is 1750 g/mol. The number of halogens is 2. The standard InChI is InChI=1S/C50H84ClN5O7Si.C44H70ClN5O7/c1-20-32(5)44(38(11)57)53-43(58)30-54(15)49(62)42(29-39-24-26-40(51)27-25-39)56(17)48(61)37(10)52-46(59)41(28-31(3)4)55(16)47(60)35(8)23-22-34(7)36(9)45(33(6)21-2)63-64(18,19)50(12,13)14;1-15-27(5)39(33(11)51)47-38(52)25-48(12)44(57)37(24-34-19-21-35(45)22-20-34)50(14)43(56)32(10)46-41(54)36(23-26(3)4)49(13)42(55)30(8)18-17-29(7)31(9)40(53)28(6)16-2/h21,23-27,31-32,34,36-37,41-42,44-45H,20,22,28-30H2,1-19H3,(H,52,59)(H,53,58);16,18-22,26-27,29,31-32,36-37,39-40,53H,15,17,23-25H2,1-14H3,(H,46,54)(H,47,52)/b33-21+,35-23+;28-16+,30-18+/t32-,34-,36-,37-,41+,42+,44?,45+;27-,29-,31-,32-,36+,37+,39?,40+/m00/s1. The van der Waals surface area contributed by atoms with Gasteiger partial charge in [-0.2, -0.15) is 0 Å². The van der Waals surface area contributed by atoms with Crippen LogP contribution in [0.25, 0.3) is 0 Å². The van der Waals surface area contributed by atoms with Gasteiger partial charge in [-0.05, 0) is 207 Å². The highest BCUT2D eigenvalue weighted by atomic mass is 35.5. The van der Waals surface area contributed by atoms with E-state index in [4.69, 9.17) is 27.6 Å². The zero-order valence-electron chi connectivity index (χ0n) is 79.6. The summed E-state index contributed by atoms with van der Waals surface area (Å²) in [7, 11) is 7.02. The molecular weight excluding hydrogens is 1590 g/mol. The summed E-state index contributed by atoms with van der Waals surface area (Å²) in [5.74, 6) is -4.76. The van der Waals surface area contributed by atoms with Crippen molar-refractivity contribution in [2.24, 2.45) is 47.3 Å². The van der Waals surface area contributed by atoms with E-state index in [-0.39, 0.29) is 108 Å². The van der Waals surface area contributed by atoms with Crippen molar-refractivity contribution in [1.82, 2.24) is 50.7 Å². The van der Waals surface area contributed by atoms with Crippen molar-refractivity contribution in [2.45, 2.75) is 303 Å². The minimum absolute atomic E-state index is 0.0318. The molecule has 0 aliphatic rings. The van der Waals surface area contributed by atoms with Gasteiger partial charge in [0.2, 0.25) is 59.1 Å². The van der Waals surface area contributed by atoms with Crippen molar-refractivity contribution in [3.8, 4) is 0 Å². The normalized spacial score (nSPS) is 16.3. The van der Waals surface area contributed by atoms with Gasteiger partial charge in [0.1, 0.15) is 36.3 Å². The first-order chi connectivity index (χ1) is 55.9. The summed E-state index contributed by atoms with van der Waals surface area (Å²) in [5, 5.41) is 22.9. The second-order valence-corrected chi connectivity index (χ2v) is 42.0. The first kappa shape index (κ1) is 111. The molecule has 2 aromatic carbocycles. The molecule has 16 atom stereocenters. The number of ketones is 2. The molecule has 0 saturated carbocycles. The Kier molecular flexibility index (Phi) is 47.8. The summed E-state index contributed by atoms with van der Waals surface area (Å²) in [5.41, 5.74) is 4.52. The van der Waals surface area contributed by atoms with E-state index in [0.29, 0.717) is 65.3 Å². The van der Waals surface area contributed by atoms with E-state index < -0.39 is 110 Å². The third kappa shape index (κ3) is 35.4. The maximum Gasteiger partial charge on any atom is 0.249 e. The van der Waals surface area contributed by atoms with Gasteiger partial charge in [0.05, 0.1) is 37.4 Å². The zero-order valence-corrected chi connectivity index (χ0v) is 82.1. The van der Waals surface area contributed by atoms with Crippen LogP contribution >= 0.6 is 23.2 Å². The molecule has 0 saturated heterocycles. The molecule has 0 fully saturated rings. The van der Waals surface area contributed by atoms with Gasteiger partial charge in [-0.3, -0.25) is 57.5 Å². The first-order valence-corrected chi connectivity index (χ1v) is 46.8. The number of nitrogens with zero attached hydrogens (tertiary/aromatic N) is 6. The molecule has 24 nitrogen and oxygen atoms in total. The Bertz CT molecular complexity index is 3890. The number of carbonyl (C=O) groups is 12. The molecular formula is C94H154Cl2N10O14Si. The van der Waals surface area contributed by atoms with E-state index >= 15 is 0 Å². The van der Waals surface area contributed by atoms with Crippen LogP contribution in [0.5, 0.6) is 0 Å². The van der Waals surface area contributed by atoms with E-state index in [2.05, 4.69) is 82.0 Å². The smallest absolute Gasteiger partial charge is 0.249 e. The molecule has 10 amide bonds. The van der Waals surface area contributed by atoms with Gasteiger partial charge in [-0.15, -0.1) is 0 Å². The molecule has 0 heterocycles. The fourth-order valence-electron chi connectivity index (χ4n) is 13.8. The molecule has 0 aliphatic heterocycles. The predicted molar refractivity (Wildman–Crippen MR) is 490 cm³/mol. The maximum absolute atomic E-state index is 14.1. The van der Waals surface area contributed by atoms with Crippen LogP contribution in [0.15, 0.2) is 95.1 Å². The van der Waals surface area contributed by atoms with Gasteiger partial charge < -0.3 is 60.2 Å². The maximum atomic E-state index is 14.1. The van der Waals surface area contributed by atoms with Crippen molar-refractivity contribution in [1.29, 1.82) is 0 Å². The van der Waals surface area contributed by atoms with Crippen molar-refractivity contribution < 1.29 is 67.1 Å². The van der Waals surface area contributed by atoms with Gasteiger partial charge in [-0.1, -0.05) is 188 Å². The molecule has 2 unspecified atom stereocenters. The number of rotatable bonds is 46. The summed E-state index contributed by atoms with van der Waals surface area (Å²) in [6, 6.07) is 6.33. The first-order valence-electron chi connectivity index (χ1n) is 43.1. The number of hydrogen-bond acceptors (Lipinski definition) is 14. The molecule has 0 aromatic heterocycles. The number of allylic oxidation sites excluding steroid dienone is 4. The van der Waals surface area contributed by atoms with Crippen molar-refractivity contribution in [2.75, 3.05) is 55.4 Å². The Morgan fingerprint density at radius 1 is 0.463 bits per heavy atom. The highest BCUT2D eigenvalue weighted by molar-refractivity contribution is 6.74. The van der Waals surface area contributed by atoms with Crippen LogP contribution in [-0.4, -0.2) is 229 Å². The number of aliphatic hydroxyl groups is 1. The van der Waals surface area contributed by atoms with Crippen molar-refractivity contribution in [3.63, 3.8) is 0 Å². The number of hydrogen-bond donors (Lipinski definition) is 5. The molecule has 0 radical (unpaired) electrons. The molecule has 2 aromatic rings. The molecule has 2 rings (SSSR count). The van der Waals surface area contributed by atoms with E-state index in [9.17, 15) is 62.6 Å². The lowest BCUT2D eigenvalue weighted by Gasteiger charge is -2.42. The van der Waals surface area contributed by atoms with Gasteiger partial charge in [0, 0.05) is 76.3 Å². The second-order valence-electron chi connectivity index (χ2n) is 36.4. The fraction of sp³-hybridized carbons (Fsp3) is 0.660. The summed E-state index contributed by atoms with van der Waals surface area (Å²) in [4.78, 5) is 170. The minimum Gasteiger partial charge on any atom is -0.410 e. The number of aliphatic hydroxyl groups excluding tert-OH is 1. The number of benzene rings is 2. The topological polar surface area (TPSA) is 302 Å². The number of likely N-dealkylation sites (N-methyl/N-ethyl adjacent to an activating group) is 6. The molecule has 27 heteroatoms. The van der Waals surface area contributed by atoms with Crippen molar-refractivity contribution in [3.05, 3.63) is 116 Å². The predicted octanol–water partition coefficient (Wildman–Crippen LogP) is 14.2. The van der Waals surface area contributed by atoms with Gasteiger partial charge in [0.15, 0.2) is 19.9 Å². The van der Waals surface area contributed by atoms with Crippen LogP contribution in [0.4, 0.5) is 0 Å². The number of nitrogens with one attached hydrogen (secondary N) is 4. The number of carbonyl (C=O) groups excluding carboxylic acids is 12. The lowest BCUT2D eigenvalue weighted by atomic mass is 9.85. The van der Waals surface area contributed by atoms with E-state index in [1.54, 1.807) is 83.4 Å². The molecule has 0 spiro atoms. The molecule has 121 heavy (non-hydrogen) atoms. The third-order valence-electron chi connectivity index (χ3n) is 24.5. The van der Waals surface area contributed by atoms with E-state index in [0.717, 1.165) is 11.1 Å². The lowest BCUT2D eigenvalue weighted by molar-refractivity contribution is -0.147. The summed E-state index contributed by atoms with van der Waals surface area (Å²) >= 11 is 12.3. The molecule has 0 aliphatic carbocycles. The lowest BCUT2D eigenvalue weighted by Crippen LogP contribution is -2.57. The number of Topliss-reactive ketones (excluding diaryl/α,β-unsaturated/α-hetero) is 2. The quantitative estimate of drug-likeness (QED) is 0.0234. The van der Waals surface area contributed by atoms with Gasteiger partial charge in [-0.25, -0.2) is 0 Å². The highest BCUT2D eigenvalue weighted by Crippen LogP contribution is 2.41. The third-order valence-corrected chi connectivity index (χ3v) is 29.4. The van der Waals surface area contributed by atoms with E-state index in [1.807, 2.05) is 108 Å². The largest absolute Gasteiger partial charge is 0.410 e. The Labute approximate surface area is 737 Å².